The van der Waals surface area contributed by atoms with Gasteiger partial charge in [0.25, 0.3) is 11.8 Å². The molecule has 6 heteroatoms. The van der Waals surface area contributed by atoms with Crippen molar-refractivity contribution < 1.29 is 9.59 Å². The van der Waals surface area contributed by atoms with E-state index in [-0.39, 0.29) is 17.5 Å². The Kier molecular flexibility index (Phi) is 5.72. The number of benzene rings is 1. The molecule has 0 atom stereocenters. The molecule has 0 spiro atoms. The Morgan fingerprint density at radius 1 is 1.00 bits per heavy atom. The van der Waals surface area contributed by atoms with Crippen LogP contribution in [-0.2, 0) is 6.54 Å². The fourth-order valence-corrected chi connectivity index (χ4v) is 2.91. The van der Waals surface area contributed by atoms with Gasteiger partial charge < -0.3 is 10.2 Å². The number of aromatic nitrogens is 2. The maximum absolute atomic E-state index is 12.6. The van der Waals surface area contributed by atoms with E-state index in [1.54, 1.807) is 0 Å². The lowest BCUT2D eigenvalue weighted by Gasteiger charge is -2.20. The van der Waals surface area contributed by atoms with Gasteiger partial charge in [-0.1, -0.05) is 25.0 Å². The number of hydrogen-bond donors (Lipinski definition) is 1. The largest absolute Gasteiger partial charge is 0.347 e. The van der Waals surface area contributed by atoms with Crippen LogP contribution >= 0.6 is 0 Å². The molecule has 3 rings (SSSR count). The van der Waals surface area contributed by atoms with Crippen molar-refractivity contribution in [3.63, 3.8) is 0 Å². The van der Waals surface area contributed by atoms with Crippen LogP contribution in [0.15, 0.2) is 42.9 Å². The zero-order valence-corrected chi connectivity index (χ0v) is 14.1. The molecule has 0 radical (unpaired) electrons. The lowest BCUT2D eigenvalue weighted by Crippen LogP contribution is -2.31. The molecule has 2 aromatic rings. The van der Waals surface area contributed by atoms with Gasteiger partial charge in [0.2, 0.25) is 0 Å². The lowest BCUT2D eigenvalue weighted by atomic mass is 10.1. The zero-order valence-electron chi connectivity index (χ0n) is 14.1. The summed E-state index contributed by atoms with van der Waals surface area (Å²) in [5, 5.41) is 2.80. The molecular weight excluding hydrogens is 316 g/mol. The van der Waals surface area contributed by atoms with Gasteiger partial charge in [0.05, 0.1) is 6.20 Å². The van der Waals surface area contributed by atoms with Crippen molar-refractivity contribution in [2.75, 3.05) is 13.1 Å². The number of hydrogen-bond acceptors (Lipinski definition) is 4. The minimum absolute atomic E-state index is 0.0945. The molecule has 6 nitrogen and oxygen atoms in total. The normalized spacial score (nSPS) is 14.6. The van der Waals surface area contributed by atoms with Gasteiger partial charge in [-0.25, -0.2) is 4.98 Å². The smallest absolute Gasteiger partial charge is 0.271 e. The average Bonchev–Trinajstić information content (AvgIpc) is 2.96. The monoisotopic (exact) mass is 338 g/mol. The van der Waals surface area contributed by atoms with E-state index >= 15 is 0 Å². The second kappa shape index (κ2) is 8.37. The van der Waals surface area contributed by atoms with Gasteiger partial charge in [0.15, 0.2) is 0 Å². The Bertz CT molecular complexity index is 708. The van der Waals surface area contributed by atoms with E-state index in [0.717, 1.165) is 31.5 Å². The summed E-state index contributed by atoms with van der Waals surface area (Å²) in [6, 6.07) is 7.41. The van der Waals surface area contributed by atoms with Crippen LogP contribution in [0.2, 0.25) is 0 Å². The van der Waals surface area contributed by atoms with Crippen molar-refractivity contribution in [1.82, 2.24) is 20.2 Å². The summed E-state index contributed by atoms with van der Waals surface area (Å²) in [6.45, 7) is 2.07. The highest BCUT2D eigenvalue weighted by molar-refractivity contribution is 5.94. The van der Waals surface area contributed by atoms with Crippen LogP contribution in [0.4, 0.5) is 0 Å². The van der Waals surface area contributed by atoms with Crippen LogP contribution in [0, 0.1) is 0 Å². The highest BCUT2D eigenvalue weighted by Gasteiger charge is 2.17. The Hall–Kier alpha value is -2.76. The van der Waals surface area contributed by atoms with Gasteiger partial charge in [-0.3, -0.25) is 14.6 Å². The Morgan fingerprint density at radius 2 is 1.72 bits per heavy atom. The van der Waals surface area contributed by atoms with E-state index < -0.39 is 0 Å². The molecule has 2 amide bonds. The van der Waals surface area contributed by atoms with Gasteiger partial charge in [-0.05, 0) is 30.5 Å². The standard InChI is InChI=1S/C19H22N4O2/c24-18(17-14-20-9-10-21-17)22-13-15-5-7-16(8-6-15)19(25)23-11-3-1-2-4-12-23/h5-10,14H,1-4,11-13H2,(H,22,24). The summed E-state index contributed by atoms with van der Waals surface area (Å²) in [7, 11) is 0. The maximum atomic E-state index is 12.6. The Morgan fingerprint density at radius 3 is 2.36 bits per heavy atom. The number of nitrogens with zero attached hydrogens (tertiary/aromatic N) is 3. The Balaban J connectivity index is 1.56. The van der Waals surface area contributed by atoms with Crippen LogP contribution in [0.5, 0.6) is 0 Å². The van der Waals surface area contributed by atoms with Crippen molar-refractivity contribution in [2.24, 2.45) is 0 Å². The second-order valence-electron chi connectivity index (χ2n) is 6.18. The van der Waals surface area contributed by atoms with E-state index in [1.807, 2.05) is 29.2 Å². The molecule has 1 aliphatic rings. The summed E-state index contributed by atoms with van der Waals surface area (Å²) in [5.74, 6) is -0.171. The first-order chi connectivity index (χ1) is 12.2. The van der Waals surface area contributed by atoms with Crippen LogP contribution in [0.25, 0.3) is 0 Å². The van der Waals surface area contributed by atoms with E-state index in [1.165, 1.54) is 31.4 Å². The molecule has 0 aliphatic carbocycles. The third kappa shape index (κ3) is 4.62. The quantitative estimate of drug-likeness (QED) is 0.929. The summed E-state index contributed by atoms with van der Waals surface area (Å²) in [4.78, 5) is 34.3. The third-order valence-electron chi connectivity index (χ3n) is 4.34. The SMILES string of the molecule is O=C(NCc1ccc(C(=O)N2CCCCCC2)cc1)c1cnccn1. The fraction of sp³-hybridized carbons (Fsp3) is 0.368. The third-order valence-corrected chi connectivity index (χ3v) is 4.34. The molecule has 130 valence electrons. The molecule has 1 aromatic carbocycles. The minimum atomic E-state index is -0.266. The van der Waals surface area contributed by atoms with Crippen LogP contribution in [0.1, 0.15) is 52.1 Å². The number of nitrogens with one attached hydrogen (secondary N) is 1. The van der Waals surface area contributed by atoms with Gasteiger partial charge in [0, 0.05) is 37.6 Å². The molecule has 1 N–H and O–H groups in total. The van der Waals surface area contributed by atoms with Crippen molar-refractivity contribution in [3.8, 4) is 0 Å². The van der Waals surface area contributed by atoms with Crippen molar-refractivity contribution in [2.45, 2.75) is 32.2 Å². The maximum Gasteiger partial charge on any atom is 0.271 e. The number of carbonyl (C=O) groups is 2. The average molecular weight is 338 g/mol. The van der Waals surface area contributed by atoms with Crippen LogP contribution in [-0.4, -0.2) is 39.8 Å². The van der Waals surface area contributed by atoms with E-state index in [2.05, 4.69) is 15.3 Å². The molecule has 0 unspecified atom stereocenters. The molecule has 25 heavy (non-hydrogen) atoms. The number of likely N-dealkylation sites (tertiary alicyclic amines) is 1. The van der Waals surface area contributed by atoms with Crippen molar-refractivity contribution in [3.05, 3.63) is 59.7 Å². The number of carbonyl (C=O) groups excluding carboxylic acids is 2. The predicted octanol–water partition coefficient (Wildman–Crippen LogP) is 2.42. The number of amides is 2. The summed E-state index contributed by atoms with van der Waals surface area (Å²) < 4.78 is 0. The van der Waals surface area contributed by atoms with Crippen LogP contribution in [0.3, 0.4) is 0 Å². The first-order valence-corrected chi connectivity index (χ1v) is 8.66. The topological polar surface area (TPSA) is 75.2 Å². The van der Waals surface area contributed by atoms with Gasteiger partial charge >= 0.3 is 0 Å². The van der Waals surface area contributed by atoms with Gasteiger partial charge in [-0.2, -0.15) is 0 Å². The lowest BCUT2D eigenvalue weighted by molar-refractivity contribution is 0.0761. The first-order valence-electron chi connectivity index (χ1n) is 8.66. The minimum Gasteiger partial charge on any atom is -0.347 e. The van der Waals surface area contributed by atoms with E-state index in [9.17, 15) is 9.59 Å². The molecule has 1 fully saturated rings. The summed E-state index contributed by atoms with van der Waals surface area (Å²) >= 11 is 0. The highest BCUT2D eigenvalue weighted by Crippen LogP contribution is 2.14. The van der Waals surface area contributed by atoms with Crippen molar-refractivity contribution >= 4 is 11.8 Å². The van der Waals surface area contributed by atoms with Gasteiger partial charge in [0.1, 0.15) is 5.69 Å². The summed E-state index contributed by atoms with van der Waals surface area (Å²) in [5.41, 5.74) is 1.92. The highest BCUT2D eigenvalue weighted by atomic mass is 16.2. The molecule has 2 heterocycles. The molecule has 1 saturated heterocycles. The van der Waals surface area contributed by atoms with Gasteiger partial charge in [-0.15, -0.1) is 0 Å². The van der Waals surface area contributed by atoms with E-state index in [0.29, 0.717) is 12.1 Å². The Labute approximate surface area is 147 Å². The first kappa shape index (κ1) is 17.1. The molecule has 1 aliphatic heterocycles. The molecule has 0 saturated carbocycles. The number of rotatable bonds is 4. The fourth-order valence-electron chi connectivity index (χ4n) is 2.91. The van der Waals surface area contributed by atoms with E-state index in [4.69, 9.17) is 0 Å². The predicted molar refractivity (Wildman–Crippen MR) is 94.0 cm³/mol. The molecule has 0 bridgehead atoms. The molecular formula is C19H22N4O2. The van der Waals surface area contributed by atoms with Crippen molar-refractivity contribution in [1.29, 1.82) is 0 Å². The zero-order chi connectivity index (χ0) is 17.5. The summed E-state index contributed by atoms with van der Waals surface area (Å²) in [6.07, 6.45) is 9.01. The second-order valence-corrected chi connectivity index (χ2v) is 6.18. The van der Waals surface area contributed by atoms with Crippen LogP contribution < -0.4 is 5.32 Å². The molecule has 1 aromatic heterocycles.